The summed E-state index contributed by atoms with van der Waals surface area (Å²) < 4.78 is -0.853. The average Bonchev–Trinajstić information content (AvgIpc) is 2.51. The van der Waals surface area contributed by atoms with Crippen molar-refractivity contribution in [2.24, 2.45) is 0 Å². The zero-order valence-corrected chi connectivity index (χ0v) is 14.7. The van der Waals surface area contributed by atoms with Gasteiger partial charge in [-0.3, -0.25) is 9.80 Å². The van der Waals surface area contributed by atoms with Crippen LogP contribution in [0.3, 0.4) is 0 Å². The van der Waals surface area contributed by atoms with Crippen molar-refractivity contribution in [2.45, 2.75) is 30.4 Å². The van der Waals surface area contributed by atoms with Crippen LogP contribution in [0.2, 0.25) is 0 Å². The van der Waals surface area contributed by atoms with Crippen LogP contribution in [-0.2, 0) is 0 Å². The lowest BCUT2D eigenvalue weighted by atomic mass is 10.3. The normalized spacial score (nSPS) is 39.4. The van der Waals surface area contributed by atoms with Crippen molar-refractivity contribution in [1.82, 2.24) is 25.8 Å². The molecule has 3 N–H and O–H groups in total. The van der Waals surface area contributed by atoms with Gasteiger partial charge < -0.3 is 16.0 Å². The molecule has 0 radical (unpaired) electrons. The molecule has 0 aromatic rings. The van der Waals surface area contributed by atoms with Gasteiger partial charge in [-0.2, -0.15) is 0 Å². The van der Waals surface area contributed by atoms with Crippen molar-refractivity contribution in [3.05, 3.63) is 0 Å². The van der Waals surface area contributed by atoms with Gasteiger partial charge in [-0.15, -0.1) is 0 Å². The molecule has 0 aromatic carbocycles. The largest absolute Gasteiger partial charge is 0.314 e. The Balaban J connectivity index is 2.09. The van der Waals surface area contributed by atoms with Gasteiger partial charge in [0, 0.05) is 71.0 Å². The van der Waals surface area contributed by atoms with E-state index in [9.17, 15) is 0 Å². The van der Waals surface area contributed by atoms with Crippen LogP contribution in [0.5, 0.6) is 0 Å². The lowest BCUT2D eigenvalue weighted by Gasteiger charge is -2.36. The first kappa shape index (κ1) is 17.7. The fraction of sp³-hybridized carbons (Fsp3) is 1.00. The molecule has 21 heavy (non-hydrogen) atoms. The predicted octanol–water partition coefficient (Wildman–Crippen LogP) is 0.295. The number of nitrogens with zero attached hydrogens (tertiary/aromatic N) is 2. The van der Waals surface area contributed by atoms with Crippen LogP contribution in [0.1, 0.15) is 13.8 Å². The number of hydrogen-bond acceptors (Lipinski definition) is 5. The number of hydrogen-bond donors (Lipinski definition) is 3. The third-order valence-electron chi connectivity index (χ3n) is 4.27. The van der Waals surface area contributed by atoms with Crippen molar-refractivity contribution in [3.63, 3.8) is 0 Å². The highest BCUT2D eigenvalue weighted by Gasteiger charge is 2.33. The molecule has 4 atom stereocenters. The Kier molecular flexibility index (Phi) is 7.00. The lowest BCUT2D eigenvalue weighted by Crippen LogP contribution is -2.53. The fourth-order valence-electron chi connectivity index (χ4n) is 2.93. The summed E-state index contributed by atoms with van der Waals surface area (Å²) in [7, 11) is 0. The summed E-state index contributed by atoms with van der Waals surface area (Å²) >= 11 is 13.2. The molecule has 2 fully saturated rings. The summed E-state index contributed by atoms with van der Waals surface area (Å²) in [5.41, 5.74) is 0. The second-order valence-electron chi connectivity index (χ2n) is 6.29. The van der Waals surface area contributed by atoms with Crippen LogP contribution in [0.25, 0.3) is 0 Å². The van der Waals surface area contributed by atoms with Gasteiger partial charge in [0.15, 0.2) is 4.46 Å². The first-order valence-electron chi connectivity index (χ1n) is 8.00. The number of alkyl halides is 2. The van der Waals surface area contributed by atoms with Crippen molar-refractivity contribution in [3.8, 4) is 0 Å². The van der Waals surface area contributed by atoms with E-state index in [1.807, 2.05) is 0 Å². The Labute approximate surface area is 138 Å². The van der Waals surface area contributed by atoms with Crippen LogP contribution < -0.4 is 16.0 Å². The summed E-state index contributed by atoms with van der Waals surface area (Å²) in [5.74, 6) is 0. The van der Waals surface area contributed by atoms with Gasteiger partial charge in [-0.25, -0.2) is 0 Å². The van der Waals surface area contributed by atoms with Crippen molar-refractivity contribution in [2.75, 3.05) is 58.9 Å². The Bertz CT molecular complexity index is 316. The Morgan fingerprint density at radius 2 is 1.76 bits per heavy atom. The summed E-state index contributed by atoms with van der Waals surface area (Å²) in [5, 5.41) is 10.5. The van der Waals surface area contributed by atoms with Gasteiger partial charge in [0.1, 0.15) is 0 Å². The Hall–Kier alpha value is 0.380. The number of rotatable bonds is 0. The molecule has 124 valence electrons. The molecular weight excluding hydrogens is 309 g/mol. The van der Waals surface area contributed by atoms with E-state index in [2.05, 4.69) is 39.6 Å². The van der Waals surface area contributed by atoms with Crippen LogP contribution in [-0.4, -0.2) is 85.2 Å². The minimum atomic E-state index is -0.853. The highest BCUT2D eigenvalue weighted by Crippen LogP contribution is 2.25. The van der Waals surface area contributed by atoms with Crippen molar-refractivity contribution >= 4 is 23.2 Å². The molecule has 4 unspecified atom stereocenters. The summed E-state index contributed by atoms with van der Waals surface area (Å²) in [6.45, 7) is 12.8. The second-order valence-corrected chi connectivity index (χ2v) is 7.74. The molecule has 7 heteroatoms. The van der Waals surface area contributed by atoms with E-state index >= 15 is 0 Å². The van der Waals surface area contributed by atoms with Gasteiger partial charge in [-0.1, -0.05) is 23.2 Å². The standard InChI is InChI=1S/C14H29Cl2N5/c1-12-9-17-3-5-20-7-8-21(14(15,16)11-19-12)6-4-18-13(2)10-20/h12-13,17-19H,3-11H2,1-2H3. The minimum absolute atomic E-state index is 0.360. The van der Waals surface area contributed by atoms with Crippen molar-refractivity contribution < 1.29 is 0 Å². The summed E-state index contributed by atoms with van der Waals surface area (Å²) in [4.78, 5) is 4.68. The average molecular weight is 338 g/mol. The summed E-state index contributed by atoms with van der Waals surface area (Å²) in [6, 6.07) is 0.853. The Morgan fingerprint density at radius 1 is 0.952 bits per heavy atom. The van der Waals surface area contributed by atoms with E-state index < -0.39 is 4.46 Å². The maximum atomic E-state index is 6.60. The number of fused-ring (bicyclic) bond motifs is 3. The third kappa shape index (κ3) is 5.82. The molecule has 5 nitrogen and oxygen atoms in total. The smallest absolute Gasteiger partial charge is 0.183 e. The molecule has 0 spiro atoms. The molecule has 2 heterocycles. The third-order valence-corrected chi connectivity index (χ3v) is 5.02. The first-order valence-corrected chi connectivity index (χ1v) is 8.75. The SMILES string of the molecule is CC1CNCCN2CCN(CCNC(C)C2)C(Cl)(Cl)CN1. The van der Waals surface area contributed by atoms with E-state index in [4.69, 9.17) is 23.2 Å². The number of halogens is 2. The lowest BCUT2D eigenvalue weighted by molar-refractivity contribution is 0.179. The maximum Gasteiger partial charge on any atom is 0.183 e. The molecule has 0 saturated carbocycles. The predicted molar refractivity (Wildman–Crippen MR) is 90.2 cm³/mol. The minimum Gasteiger partial charge on any atom is -0.314 e. The monoisotopic (exact) mass is 337 g/mol. The highest BCUT2D eigenvalue weighted by atomic mass is 35.5. The molecule has 2 aliphatic heterocycles. The van der Waals surface area contributed by atoms with E-state index in [1.165, 1.54) is 0 Å². The topological polar surface area (TPSA) is 42.6 Å². The van der Waals surface area contributed by atoms with Gasteiger partial charge in [0.2, 0.25) is 0 Å². The van der Waals surface area contributed by atoms with Crippen LogP contribution >= 0.6 is 23.2 Å². The maximum absolute atomic E-state index is 6.60. The van der Waals surface area contributed by atoms with Gasteiger partial charge in [0.25, 0.3) is 0 Å². The first-order chi connectivity index (χ1) is 9.97. The molecule has 2 aliphatic rings. The second kappa shape index (κ2) is 8.29. The number of nitrogens with one attached hydrogen (secondary N) is 3. The molecule has 2 bridgehead atoms. The van der Waals surface area contributed by atoms with Crippen LogP contribution in [0, 0.1) is 0 Å². The van der Waals surface area contributed by atoms with E-state index in [0.717, 1.165) is 52.4 Å². The Morgan fingerprint density at radius 3 is 2.57 bits per heavy atom. The van der Waals surface area contributed by atoms with Gasteiger partial charge in [-0.05, 0) is 13.8 Å². The highest BCUT2D eigenvalue weighted by molar-refractivity contribution is 6.48. The quantitative estimate of drug-likeness (QED) is 0.438. The molecule has 0 aliphatic carbocycles. The zero-order valence-electron chi connectivity index (χ0n) is 13.2. The van der Waals surface area contributed by atoms with Gasteiger partial charge in [0.05, 0.1) is 0 Å². The van der Waals surface area contributed by atoms with E-state index in [0.29, 0.717) is 18.6 Å². The molecule has 0 aromatic heterocycles. The van der Waals surface area contributed by atoms with Gasteiger partial charge >= 0.3 is 0 Å². The zero-order chi connectivity index (χ0) is 15.3. The van der Waals surface area contributed by atoms with Crippen LogP contribution in [0.4, 0.5) is 0 Å². The van der Waals surface area contributed by atoms with E-state index in [-0.39, 0.29) is 0 Å². The molecular formula is C14H29Cl2N5. The molecule has 2 saturated heterocycles. The fourth-order valence-corrected chi connectivity index (χ4v) is 3.42. The van der Waals surface area contributed by atoms with Crippen LogP contribution in [0.15, 0.2) is 0 Å². The van der Waals surface area contributed by atoms with E-state index in [1.54, 1.807) is 0 Å². The van der Waals surface area contributed by atoms with Crippen molar-refractivity contribution in [1.29, 1.82) is 0 Å². The molecule has 0 amide bonds. The molecule has 2 rings (SSSR count). The summed E-state index contributed by atoms with van der Waals surface area (Å²) in [6.07, 6.45) is 0.